The molecule has 4 nitrogen and oxygen atoms in total. The van der Waals surface area contributed by atoms with Crippen molar-refractivity contribution in [3.8, 4) is 11.8 Å². The van der Waals surface area contributed by atoms with Gasteiger partial charge in [0, 0.05) is 10.6 Å². The molecular weight excluding hydrogens is 284 g/mol. The van der Waals surface area contributed by atoms with Crippen molar-refractivity contribution in [2.75, 3.05) is 11.1 Å². The van der Waals surface area contributed by atoms with Crippen molar-refractivity contribution in [1.82, 2.24) is 0 Å². The molecule has 0 fully saturated rings. The molecule has 0 bridgehead atoms. The number of benzene rings is 2. The highest BCUT2D eigenvalue weighted by Gasteiger charge is 2.04. The van der Waals surface area contributed by atoms with Crippen molar-refractivity contribution in [3.63, 3.8) is 0 Å². The molecule has 106 valence electrons. The van der Waals surface area contributed by atoms with Gasteiger partial charge in [-0.3, -0.25) is 4.79 Å². The highest BCUT2D eigenvalue weighted by Crippen LogP contribution is 2.21. The first-order chi connectivity index (χ1) is 10.2. The van der Waals surface area contributed by atoms with E-state index in [0.29, 0.717) is 17.9 Å². The molecule has 0 spiro atoms. The molecule has 2 aromatic carbocycles. The molecule has 0 radical (unpaired) electrons. The molecule has 0 saturated carbocycles. The number of nitrogens with zero attached hydrogens (tertiary/aromatic N) is 1. The van der Waals surface area contributed by atoms with Crippen LogP contribution in [-0.2, 0) is 11.2 Å². The number of amides is 1. The Labute approximate surface area is 127 Å². The number of phenols is 1. The van der Waals surface area contributed by atoms with Gasteiger partial charge in [-0.2, -0.15) is 5.26 Å². The summed E-state index contributed by atoms with van der Waals surface area (Å²) in [6.45, 7) is 0. The zero-order chi connectivity index (χ0) is 15.1. The monoisotopic (exact) mass is 298 g/mol. The van der Waals surface area contributed by atoms with E-state index in [-0.39, 0.29) is 11.7 Å². The number of rotatable bonds is 5. The average molecular weight is 298 g/mol. The number of anilines is 1. The van der Waals surface area contributed by atoms with Crippen molar-refractivity contribution in [3.05, 3.63) is 54.1 Å². The lowest BCUT2D eigenvalue weighted by Gasteiger charge is -2.06. The first-order valence-corrected chi connectivity index (χ1v) is 7.33. The molecule has 0 aromatic heterocycles. The van der Waals surface area contributed by atoms with Gasteiger partial charge in [-0.15, -0.1) is 11.8 Å². The van der Waals surface area contributed by atoms with Crippen LogP contribution >= 0.6 is 11.8 Å². The molecule has 0 aliphatic heterocycles. The molecule has 0 heterocycles. The molecule has 21 heavy (non-hydrogen) atoms. The maximum Gasteiger partial charge on any atom is 0.234 e. The summed E-state index contributed by atoms with van der Waals surface area (Å²) in [5.41, 5.74) is 1.64. The van der Waals surface area contributed by atoms with Gasteiger partial charge in [0.1, 0.15) is 5.75 Å². The summed E-state index contributed by atoms with van der Waals surface area (Å²) in [6.07, 6.45) is 0.366. The van der Waals surface area contributed by atoms with Gasteiger partial charge in [-0.25, -0.2) is 0 Å². The van der Waals surface area contributed by atoms with Crippen LogP contribution in [0, 0.1) is 11.3 Å². The third kappa shape index (κ3) is 4.86. The lowest BCUT2D eigenvalue weighted by atomic mass is 10.1. The van der Waals surface area contributed by atoms with E-state index >= 15 is 0 Å². The molecule has 0 aliphatic rings. The van der Waals surface area contributed by atoms with Gasteiger partial charge in [0.15, 0.2) is 0 Å². The highest BCUT2D eigenvalue weighted by atomic mass is 32.2. The molecule has 2 N–H and O–H groups in total. The van der Waals surface area contributed by atoms with Crippen LogP contribution in [0.25, 0.3) is 0 Å². The Balaban J connectivity index is 1.84. The maximum absolute atomic E-state index is 11.8. The topological polar surface area (TPSA) is 73.1 Å². The Hall–Kier alpha value is -2.45. The maximum atomic E-state index is 11.8. The van der Waals surface area contributed by atoms with Crippen molar-refractivity contribution in [2.45, 2.75) is 11.3 Å². The summed E-state index contributed by atoms with van der Waals surface area (Å²) in [6, 6.07) is 16.0. The first-order valence-electron chi connectivity index (χ1n) is 6.35. The molecule has 0 atom stereocenters. The normalized spacial score (nSPS) is 9.86. The third-order valence-corrected chi connectivity index (χ3v) is 3.74. The number of nitrogens with one attached hydrogen (secondary N) is 1. The smallest absolute Gasteiger partial charge is 0.234 e. The molecular formula is C16H14N2O2S. The van der Waals surface area contributed by atoms with E-state index in [2.05, 4.69) is 11.4 Å². The van der Waals surface area contributed by atoms with Crippen LogP contribution in [-0.4, -0.2) is 16.8 Å². The van der Waals surface area contributed by atoms with E-state index in [1.165, 1.54) is 11.8 Å². The minimum atomic E-state index is -0.0962. The first kappa shape index (κ1) is 14.9. The summed E-state index contributed by atoms with van der Waals surface area (Å²) in [5.74, 6) is 0.410. The van der Waals surface area contributed by atoms with Crippen molar-refractivity contribution < 1.29 is 9.90 Å². The van der Waals surface area contributed by atoms with E-state index in [0.717, 1.165) is 10.5 Å². The fraction of sp³-hybridized carbons (Fsp3) is 0.125. The molecule has 5 heteroatoms. The quantitative estimate of drug-likeness (QED) is 0.831. The van der Waals surface area contributed by atoms with Crippen molar-refractivity contribution in [1.29, 1.82) is 5.26 Å². The summed E-state index contributed by atoms with van der Waals surface area (Å²) >= 11 is 1.40. The lowest BCUT2D eigenvalue weighted by molar-refractivity contribution is -0.113. The number of nitriles is 1. The number of phenolic OH excluding ortho intramolecular Hbond substituents is 1. The van der Waals surface area contributed by atoms with Gasteiger partial charge in [0.05, 0.1) is 18.2 Å². The van der Waals surface area contributed by atoms with Crippen molar-refractivity contribution in [2.24, 2.45) is 0 Å². The SMILES string of the molecule is N#CCc1ccc(NC(=O)CSc2ccc(O)cc2)cc1. The van der Waals surface area contributed by atoms with E-state index in [1.807, 2.05) is 12.1 Å². The molecule has 1 amide bonds. The second-order valence-corrected chi connectivity index (χ2v) is 5.41. The van der Waals surface area contributed by atoms with Crippen molar-refractivity contribution >= 4 is 23.4 Å². The predicted molar refractivity (Wildman–Crippen MR) is 83.2 cm³/mol. The Morgan fingerprint density at radius 3 is 2.43 bits per heavy atom. The fourth-order valence-electron chi connectivity index (χ4n) is 1.69. The van der Waals surface area contributed by atoms with Gasteiger partial charge in [0.25, 0.3) is 0 Å². The van der Waals surface area contributed by atoms with Crippen LogP contribution in [0.2, 0.25) is 0 Å². The minimum absolute atomic E-state index is 0.0962. The zero-order valence-electron chi connectivity index (χ0n) is 11.2. The minimum Gasteiger partial charge on any atom is -0.508 e. The zero-order valence-corrected chi connectivity index (χ0v) is 12.1. The summed E-state index contributed by atoms with van der Waals surface area (Å²) < 4.78 is 0. The molecule has 2 rings (SSSR count). The summed E-state index contributed by atoms with van der Waals surface area (Å²) in [7, 11) is 0. The molecule has 0 aliphatic carbocycles. The number of hydrogen-bond acceptors (Lipinski definition) is 4. The Morgan fingerprint density at radius 1 is 1.14 bits per heavy atom. The Morgan fingerprint density at radius 2 is 1.81 bits per heavy atom. The van der Waals surface area contributed by atoms with Crippen LogP contribution in [0.1, 0.15) is 5.56 Å². The van der Waals surface area contributed by atoms with Crippen LogP contribution in [0.3, 0.4) is 0 Å². The van der Waals surface area contributed by atoms with Crippen LogP contribution < -0.4 is 5.32 Å². The molecule has 2 aromatic rings. The fourth-order valence-corrected chi connectivity index (χ4v) is 2.38. The van der Waals surface area contributed by atoms with E-state index < -0.39 is 0 Å². The van der Waals surface area contributed by atoms with Crippen LogP contribution in [0.4, 0.5) is 5.69 Å². The summed E-state index contributed by atoms with van der Waals surface area (Å²) in [4.78, 5) is 12.8. The lowest BCUT2D eigenvalue weighted by Crippen LogP contribution is -2.13. The predicted octanol–water partition coefficient (Wildman–Crippen LogP) is 3.19. The van der Waals surface area contributed by atoms with Crippen LogP contribution in [0.15, 0.2) is 53.4 Å². The number of hydrogen-bond donors (Lipinski definition) is 2. The number of carbonyl (C=O) groups excluding carboxylic acids is 1. The van der Waals surface area contributed by atoms with E-state index in [9.17, 15) is 9.90 Å². The standard InChI is InChI=1S/C16H14N2O2S/c17-10-9-12-1-3-13(4-2-12)18-16(20)11-21-15-7-5-14(19)6-8-15/h1-8,19H,9,11H2,(H,18,20). The van der Waals surface area contributed by atoms with Gasteiger partial charge in [-0.05, 0) is 42.0 Å². The van der Waals surface area contributed by atoms with E-state index in [1.54, 1.807) is 36.4 Å². The number of aromatic hydroxyl groups is 1. The van der Waals surface area contributed by atoms with Gasteiger partial charge in [-0.1, -0.05) is 12.1 Å². The molecule has 0 unspecified atom stereocenters. The molecule has 0 saturated heterocycles. The number of thioether (sulfide) groups is 1. The number of carbonyl (C=O) groups is 1. The Bertz CT molecular complexity index is 645. The van der Waals surface area contributed by atoms with E-state index in [4.69, 9.17) is 5.26 Å². The average Bonchev–Trinajstić information content (AvgIpc) is 2.49. The van der Waals surface area contributed by atoms with Gasteiger partial charge >= 0.3 is 0 Å². The largest absolute Gasteiger partial charge is 0.508 e. The van der Waals surface area contributed by atoms with Gasteiger partial charge in [0.2, 0.25) is 5.91 Å². The Kier molecular flexibility index (Phi) is 5.24. The van der Waals surface area contributed by atoms with Crippen LogP contribution in [0.5, 0.6) is 5.75 Å². The third-order valence-electron chi connectivity index (χ3n) is 2.73. The second kappa shape index (κ2) is 7.36. The van der Waals surface area contributed by atoms with Gasteiger partial charge < -0.3 is 10.4 Å². The second-order valence-electron chi connectivity index (χ2n) is 4.36. The highest BCUT2D eigenvalue weighted by molar-refractivity contribution is 8.00. The summed E-state index contributed by atoms with van der Waals surface area (Å²) in [5, 5.41) is 20.6.